The van der Waals surface area contributed by atoms with Crippen LogP contribution in [0.1, 0.15) is 39.0 Å². The van der Waals surface area contributed by atoms with Gasteiger partial charge < -0.3 is 10.2 Å². The molecule has 4 aliphatic heterocycles. The van der Waals surface area contributed by atoms with Gasteiger partial charge in [0.25, 0.3) is 0 Å². The smallest absolute Gasteiger partial charge is 0.222 e. The first-order valence-electron chi connectivity index (χ1n) is 5.85. The monoisotopic (exact) mass is 194 g/mol. The molecule has 1 amide bonds. The molecule has 4 aliphatic rings. The molecular weight excluding hydrogens is 176 g/mol. The van der Waals surface area contributed by atoms with Crippen molar-refractivity contribution in [1.29, 1.82) is 0 Å². The SMILES string of the molecule is CCC(=O)N1C2CC3CC1CC(C2)N3. The largest absolute Gasteiger partial charge is 0.337 e. The minimum absolute atomic E-state index is 0.374. The minimum Gasteiger partial charge on any atom is -0.337 e. The van der Waals surface area contributed by atoms with Crippen LogP contribution in [0.3, 0.4) is 0 Å². The molecule has 0 atom stereocenters. The molecule has 0 saturated carbocycles. The highest BCUT2D eigenvalue weighted by atomic mass is 16.2. The number of hydrogen-bond donors (Lipinski definition) is 1. The van der Waals surface area contributed by atoms with Crippen LogP contribution in [-0.4, -0.2) is 35.0 Å². The molecule has 0 radical (unpaired) electrons. The zero-order valence-corrected chi connectivity index (χ0v) is 8.70. The third-order valence-corrected chi connectivity index (χ3v) is 4.07. The number of nitrogens with zero attached hydrogens (tertiary/aromatic N) is 1. The Bertz CT molecular complexity index is 236. The molecule has 4 heterocycles. The van der Waals surface area contributed by atoms with E-state index in [9.17, 15) is 4.79 Å². The number of carbonyl (C=O) groups excluding carboxylic acids is 1. The topological polar surface area (TPSA) is 32.3 Å². The van der Waals surface area contributed by atoms with Crippen LogP contribution >= 0.6 is 0 Å². The van der Waals surface area contributed by atoms with Gasteiger partial charge in [-0.15, -0.1) is 0 Å². The van der Waals surface area contributed by atoms with Crippen LogP contribution in [0.2, 0.25) is 0 Å². The summed E-state index contributed by atoms with van der Waals surface area (Å²) in [5, 5.41) is 3.65. The summed E-state index contributed by atoms with van der Waals surface area (Å²) >= 11 is 0. The van der Waals surface area contributed by atoms with Crippen LogP contribution < -0.4 is 5.32 Å². The van der Waals surface area contributed by atoms with Gasteiger partial charge >= 0.3 is 0 Å². The fourth-order valence-corrected chi connectivity index (χ4v) is 3.65. The van der Waals surface area contributed by atoms with Crippen molar-refractivity contribution in [3.05, 3.63) is 0 Å². The van der Waals surface area contributed by atoms with E-state index in [1.165, 1.54) is 25.7 Å². The number of piperidine rings is 4. The summed E-state index contributed by atoms with van der Waals surface area (Å²) in [4.78, 5) is 14.0. The second-order valence-electron chi connectivity index (χ2n) is 4.97. The highest BCUT2D eigenvalue weighted by molar-refractivity contribution is 5.77. The van der Waals surface area contributed by atoms with Crippen LogP contribution in [0.25, 0.3) is 0 Å². The second kappa shape index (κ2) is 2.96. The van der Waals surface area contributed by atoms with Crippen LogP contribution in [0, 0.1) is 0 Å². The summed E-state index contributed by atoms with van der Waals surface area (Å²) < 4.78 is 0. The molecule has 1 N–H and O–H groups in total. The van der Waals surface area contributed by atoms with Crippen molar-refractivity contribution in [2.45, 2.75) is 63.2 Å². The van der Waals surface area contributed by atoms with Crippen molar-refractivity contribution in [3.8, 4) is 0 Å². The molecule has 0 aromatic carbocycles. The summed E-state index contributed by atoms with van der Waals surface area (Å²) in [6, 6.07) is 2.54. The molecule has 4 saturated heterocycles. The molecule has 78 valence electrons. The molecule has 0 aromatic heterocycles. The molecule has 4 fully saturated rings. The van der Waals surface area contributed by atoms with E-state index in [-0.39, 0.29) is 0 Å². The number of nitrogens with one attached hydrogen (secondary N) is 1. The van der Waals surface area contributed by atoms with Crippen LogP contribution in [-0.2, 0) is 4.79 Å². The zero-order valence-electron chi connectivity index (χ0n) is 8.70. The van der Waals surface area contributed by atoms with Gasteiger partial charge in [0.2, 0.25) is 5.91 Å². The minimum atomic E-state index is 0.374. The van der Waals surface area contributed by atoms with Crippen LogP contribution in [0.5, 0.6) is 0 Å². The normalized spacial score (nSPS) is 44.5. The number of rotatable bonds is 1. The number of amides is 1. The predicted molar refractivity (Wildman–Crippen MR) is 53.9 cm³/mol. The highest BCUT2D eigenvalue weighted by Gasteiger charge is 2.47. The molecule has 4 rings (SSSR count). The van der Waals surface area contributed by atoms with Gasteiger partial charge in [0.1, 0.15) is 0 Å². The van der Waals surface area contributed by atoms with Crippen molar-refractivity contribution in [2.24, 2.45) is 0 Å². The van der Waals surface area contributed by atoms with Crippen molar-refractivity contribution in [1.82, 2.24) is 10.2 Å². The van der Waals surface area contributed by atoms with Crippen molar-refractivity contribution >= 4 is 5.91 Å². The number of hydrogen-bond acceptors (Lipinski definition) is 2. The highest BCUT2D eigenvalue weighted by Crippen LogP contribution is 2.39. The van der Waals surface area contributed by atoms with Crippen molar-refractivity contribution in [3.63, 3.8) is 0 Å². The Labute approximate surface area is 84.8 Å². The molecule has 0 spiro atoms. The predicted octanol–water partition coefficient (Wildman–Crippen LogP) is 0.890. The van der Waals surface area contributed by atoms with E-state index in [0.29, 0.717) is 36.5 Å². The Morgan fingerprint density at radius 1 is 1.21 bits per heavy atom. The maximum Gasteiger partial charge on any atom is 0.222 e. The van der Waals surface area contributed by atoms with E-state index in [1.54, 1.807) is 0 Å². The lowest BCUT2D eigenvalue weighted by atomic mass is 9.74. The Hall–Kier alpha value is -0.570. The van der Waals surface area contributed by atoms with Gasteiger partial charge in [-0.05, 0) is 25.7 Å². The first-order valence-corrected chi connectivity index (χ1v) is 5.85. The fourth-order valence-electron chi connectivity index (χ4n) is 3.65. The molecular formula is C11H18N2O. The summed E-state index contributed by atoms with van der Waals surface area (Å²) in [7, 11) is 0. The molecule has 14 heavy (non-hydrogen) atoms. The van der Waals surface area contributed by atoms with Gasteiger partial charge in [-0.3, -0.25) is 4.79 Å². The van der Waals surface area contributed by atoms with Crippen molar-refractivity contribution < 1.29 is 4.79 Å². The van der Waals surface area contributed by atoms with E-state index in [2.05, 4.69) is 10.2 Å². The summed E-state index contributed by atoms with van der Waals surface area (Å²) in [6.07, 6.45) is 5.45. The van der Waals surface area contributed by atoms with Gasteiger partial charge in [0.05, 0.1) is 0 Å². The van der Waals surface area contributed by atoms with E-state index in [4.69, 9.17) is 0 Å². The lowest BCUT2D eigenvalue weighted by molar-refractivity contribution is -0.145. The lowest BCUT2D eigenvalue weighted by Gasteiger charge is -2.56. The first-order chi connectivity index (χ1) is 6.78. The van der Waals surface area contributed by atoms with Crippen LogP contribution in [0.4, 0.5) is 0 Å². The summed E-state index contributed by atoms with van der Waals surface area (Å²) in [5.41, 5.74) is 0. The zero-order chi connectivity index (χ0) is 9.71. The third-order valence-electron chi connectivity index (χ3n) is 4.07. The molecule has 3 nitrogen and oxygen atoms in total. The maximum absolute atomic E-state index is 11.8. The van der Waals surface area contributed by atoms with Gasteiger partial charge in [0.15, 0.2) is 0 Å². The fraction of sp³-hybridized carbons (Fsp3) is 0.909. The second-order valence-corrected chi connectivity index (χ2v) is 4.97. The molecule has 0 aromatic rings. The molecule has 0 unspecified atom stereocenters. The summed E-state index contributed by atoms with van der Waals surface area (Å²) in [6.45, 7) is 1.98. The third kappa shape index (κ3) is 1.11. The van der Waals surface area contributed by atoms with Gasteiger partial charge in [-0.2, -0.15) is 0 Å². The summed E-state index contributed by atoms with van der Waals surface area (Å²) in [5.74, 6) is 0.374. The van der Waals surface area contributed by atoms with Gasteiger partial charge in [0, 0.05) is 30.6 Å². The molecule has 0 aliphatic carbocycles. The van der Waals surface area contributed by atoms with Crippen LogP contribution in [0.15, 0.2) is 0 Å². The Morgan fingerprint density at radius 2 is 1.71 bits per heavy atom. The Balaban J connectivity index is 1.84. The average Bonchev–Trinajstić information content (AvgIpc) is 2.15. The Kier molecular flexibility index (Phi) is 1.84. The number of carbonyl (C=O) groups is 1. The quantitative estimate of drug-likeness (QED) is 0.672. The molecule has 4 bridgehead atoms. The van der Waals surface area contributed by atoms with E-state index < -0.39 is 0 Å². The Morgan fingerprint density at radius 3 is 2.14 bits per heavy atom. The van der Waals surface area contributed by atoms with E-state index in [0.717, 1.165) is 0 Å². The molecule has 3 heteroatoms. The van der Waals surface area contributed by atoms with Crippen molar-refractivity contribution in [2.75, 3.05) is 0 Å². The van der Waals surface area contributed by atoms with E-state index >= 15 is 0 Å². The first kappa shape index (κ1) is 8.72. The maximum atomic E-state index is 11.8. The standard InChI is InChI=1S/C11H18N2O/c1-2-11(14)13-9-3-7-4-10(13)6-8(5-9)12-7/h7-10,12H,2-6H2,1H3. The average molecular weight is 194 g/mol. The van der Waals surface area contributed by atoms with Gasteiger partial charge in [-0.1, -0.05) is 6.92 Å². The van der Waals surface area contributed by atoms with E-state index in [1.807, 2.05) is 6.92 Å². The lowest BCUT2D eigenvalue weighted by Crippen LogP contribution is -2.68. The van der Waals surface area contributed by atoms with Gasteiger partial charge in [-0.25, -0.2) is 0 Å².